The van der Waals surface area contributed by atoms with Gasteiger partial charge in [-0.15, -0.1) is 0 Å². The summed E-state index contributed by atoms with van der Waals surface area (Å²) < 4.78 is 43.7. The largest absolute Gasteiger partial charge is 0.425 e. The molecule has 31 heavy (non-hydrogen) atoms. The molecule has 0 radical (unpaired) electrons. The quantitative estimate of drug-likeness (QED) is 0.625. The number of nitrogens with zero attached hydrogens (tertiary/aromatic N) is 1. The van der Waals surface area contributed by atoms with Gasteiger partial charge in [0.15, 0.2) is 0 Å². The van der Waals surface area contributed by atoms with Crippen LogP contribution >= 0.6 is 0 Å². The fourth-order valence-electron chi connectivity index (χ4n) is 4.45. The number of hydrogen-bond acceptors (Lipinski definition) is 4. The predicted octanol–water partition coefficient (Wildman–Crippen LogP) is 2.38. The summed E-state index contributed by atoms with van der Waals surface area (Å²) in [4.78, 5) is 51.6. The van der Waals surface area contributed by atoms with Gasteiger partial charge in [-0.2, -0.15) is 13.2 Å². The summed E-state index contributed by atoms with van der Waals surface area (Å²) in [5.74, 6) is -3.00. The maximum Gasteiger partial charge on any atom is 0.425 e. The number of H-pyrrole nitrogens is 1. The van der Waals surface area contributed by atoms with Crippen molar-refractivity contribution in [3.8, 4) is 0 Å². The zero-order valence-electron chi connectivity index (χ0n) is 17.5. The number of fused-ring (bicyclic) bond motifs is 1. The number of rotatable bonds is 6. The number of halogens is 3. The Morgan fingerprint density at radius 2 is 1.84 bits per heavy atom. The van der Waals surface area contributed by atoms with Gasteiger partial charge in [0, 0.05) is 13.0 Å². The topological polar surface area (TPSA) is 113 Å². The van der Waals surface area contributed by atoms with Gasteiger partial charge in [0.05, 0.1) is 0 Å². The minimum Gasteiger partial charge on any atom is -0.330 e. The van der Waals surface area contributed by atoms with Crippen LogP contribution in [-0.2, 0) is 21.7 Å². The van der Waals surface area contributed by atoms with Crippen LogP contribution < -0.4 is 21.9 Å². The first-order chi connectivity index (χ1) is 14.5. The molecule has 0 spiro atoms. The number of nitrogens with one attached hydrogen (secondary N) is 3. The third-order valence-corrected chi connectivity index (χ3v) is 5.95. The molecule has 1 atom stereocenters. The summed E-state index contributed by atoms with van der Waals surface area (Å²) in [7, 11) is 0. The number of aromatic nitrogens is 2. The van der Waals surface area contributed by atoms with Gasteiger partial charge in [-0.1, -0.05) is 46.0 Å². The first-order valence-corrected chi connectivity index (χ1v) is 10.5. The summed E-state index contributed by atoms with van der Waals surface area (Å²) in [6.45, 7) is 3.43. The van der Waals surface area contributed by atoms with Crippen molar-refractivity contribution in [2.24, 2.45) is 11.8 Å². The van der Waals surface area contributed by atoms with E-state index in [0.717, 1.165) is 36.7 Å². The Bertz CT molecular complexity index is 976. The van der Waals surface area contributed by atoms with Gasteiger partial charge in [-0.25, -0.2) is 4.79 Å². The van der Waals surface area contributed by atoms with E-state index in [1.165, 1.54) is 0 Å². The van der Waals surface area contributed by atoms with E-state index in [-0.39, 0.29) is 24.8 Å². The number of anilines is 1. The smallest absolute Gasteiger partial charge is 0.330 e. The molecule has 1 aliphatic carbocycles. The first kappa shape index (κ1) is 23.1. The summed E-state index contributed by atoms with van der Waals surface area (Å²) in [5.41, 5.74) is -6.84. The highest BCUT2D eigenvalue weighted by Gasteiger charge is 2.68. The summed E-state index contributed by atoms with van der Waals surface area (Å²) in [6.07, 6.45) is -0.0708. The van der Waals surface area contributed by atoms with Crippen molar-refractivity contribution >= 4 is 17.6 Å². The van der Waals surface area contributed by atoms with E-state index >= 15 is 0 Å². The molecule has 0 aromatic carbocycles. The Hall–Kier alpha value is -2.59. The number of amides is 2. The van der Waals surface area contributed by atoms with Crippen LogP contribution in [-0.4, -0.2) is 27.5 Å². The molecule has 0 unspecified atom stereocenters. The molecule has 0 bridgehead atoms. The lowest BCUT2D eigenvalue weighted by atomic mass is 9.85. The van der Waals surface area contributed by atoms with Crippen molar-refractivity contribution in [2.75, 3.05) is 5.32 Å². The maximum atomic E-state index is 14.3. The molecule has 1 aromatic rings. The average molecular weight is 444 g/mol. The van der Waals surface area contributed by atoms with Gasteiger partial charge in [0.2, 0.25) is 11.4 Å². The fraction of sp³-hybridized carbons (Fsp3) is 0.700. The van der Waals surface area contributed by atoms with E-state index in [0.29, 0.717) is 6.42 Å². The number of aromatic amines is 1. The van der Waals surface area contributed by atoms with Crippen molar-refractivity contribution in [2.45, 2.75) is 77.1 Å². The Morgan fingerprint density at radius 3 is 2.42 bits per heavy atom. The minimum absolute atomic E-state index is 0.0260. The normalized spacial score (nSPS) is 21.8. The second-order valence-corrected chi connectivity index (χ2v) is 8.78. The summed E-state index contributed by atoms with van der Waals surface area (Å²) in [6, 6.07) is 0. The van der Waals surface area contributed by atoms with E-state index in [1.54, 1.807) is 13.8 Å². The van der Waals surface area contributed by atoms with Crippen LogP contribution in [0.2, 0.25) is 0 Å². The van der Waals surface area contributed by atoms with E-state index in [9.17, 15) is 32.3 Å². The second-order valence-electron chi connectivity index (χ2n) is 8.78. The molecule has 2 heterocycles. The van der Waals surface area contributed by atoms with Crippen LogP contribution in [0.3, 0.4) is 0 Å². The highest BCUT2D eigenvalue weighted by molar-refractivity contribution is 6.07. The van der Waals surface area contributed by atoms with Crippen molar-refractivity contribution < 1.29 is 22.8 Å². The van der Waals surface area contributed by atoms with Crippen molar-refractivity contribution in [1.29, 1.82) is 0 Å². The highest BCUT2D eigenvalue weighted by Crippen LogP contribution is 2.45. The Labute approximate surface area is 176 Å². The molecule has 0 saturated heterocycles. The van der Waals surface area contributed by atoms with Crippen molar-refractivity contribution in [3.63, 3.8) is 0 Å². The van der Waals surface area contributed by atoms with Crippen LogP contribution in [0.25, 0.3) is 0 Å². The number of carbonyl (C=O) groups excluding carboxylic acids is 2. The lowest BCUT2D eigenvalue weighted by molar-refractivity contribution is -0.200. The third kappa shape index (κ3) is 4.27. The van der Waals surface area contributed by atoms with E-state index in [4.69, 9.17) is 0 Å². The minimum atomic E-state index is -5.30. The molecule has 1 aromatic heterocycles. The van der Waals surface area contributed by atoms with Gasteiger partial charge < -0.3 is 10.6 Å². The monoisotopic (exact) mass is 444 g/mol. The van der Waals surface area contributed by atoms with E-state index in [2.05, 4.69) is 0 Å². The molecule has 2 amide bonds. The Balaban J connectivity index is 1.99. The zero-order valence-corrected chi connectivity index (χ0v) is 17.5. The highest BCUT2D eigenvalue weighted by atomic mass is 19.4. The molecule has 172 valence electrons. The van der Waals surface area contributed by atoms with Gasteiger partial charge in [-0.3, -0.25) is 23.9 Å². The van der Waals surface area contributed by atoms with Crippen LogP contribution in [0.5, 0.6) is 0 Å². The van der Waals surface area contributed by atoms with Gasteiger partial charge in [0.1, 0.15) is 11.4 Å². The van der Waals surface area contributed by atoms with Crippen LogP contribution in [0, 0.1) is 11.8 Å². The number of hydrogen-bond donors (Lipinski definition) is 3. The molecule has 1 aliphatic heterocycles. The summed E-state index contributed by atoms with van der Waals surface area (Å²) >= 11 is 0. The molecule has 3 rings (SSSR count). The molecule has 2 aliphatic rings. The molecule has 3 N–H and O–H groups in total. The standard InChI is InChI=1S/C20H27F3N4O4/c1-11(2)10-27-15-14(16(29)25-18(27)31)19(17(30)24-15,20(21,22)23)26-13(28)9-8-12-6-4-3-5-7-12/h11-12H,3-10H2,1-2H3,(H,24,30)(H,26,28)(H,25,29,31)/t19-/m1/s1. The van der Waals surface area contributed by atoms with Crippen molar-refractivity contribution in [1.82, 2.24) is 14.9 Å². The van der Waals surface area contributed by atoms with Gasteiger partial charge in [-0.05, 0) is 18.3 Å². The average Bonchev–Trinajstić information content (AvgIpc) is 2.97. The van der Waals surface area contributed by atoms with Crippen LogP contribution in [0.4, 0.5) is 19.0 Å². The van der Waals surface area contributed by atoms with Gasteiger partial charge in [0.25, 0.3) is 11.5 Å². The molecular weight excluding hydrogens is 417 g/mol. The van der Waals surface area contributed by atoms with Crippen LogP contribution in [0.1, 0.15) is 64.4 Å². The Kier molecular flexibility index (Phi) is 6.33. The summed E-state index contributed by atoms with van der Waals surface area (Å²) in [5, 5.41) is 3.84. The number of carbonyl (C=O) groups is 2. The van der Waals surface area contributed by atoms with E-state index in [1.807, 2.05) is 15.6 Å². The maximum absolute atomic E-state index is 14.3. The third-order valence-electron chi connectivity index (χ3n) is 5.95. The molecular formula is C20H27F3N4O4. The first-order valence-electron chi connectivity index (χ1n) is 10.5. The number of alkyl halides is 3. The lowest BCUT2D eigenvalue weighted by Gasteiger charge is -2.30. The van der Waals surface area contributed by atoms with E-state index < -0.39 is 46.2 Å². The predicted molar refractivity (Wildman–Crippen MR) is 106 cm³/mol. The molecule has 11 heteroatoms. The fourth-order valence-corrected chi connectivity index (χ4v) is 4.45. The molecule has 1 fully saturated rings. The SMILES string of the molecule is CC(C)Cn1c2c(c(=O)[nH]c1=O)[C@](NC(=O)CCC1CCCCC1)(C(F)(F)F)C(=O)N2. The van der Waals surface area contributed by atoms with Crippen LogP contribution in [0.15, 0.2) is 9.59 Å². The molecule has 8 nitrogen and oxygen atoms in total. The second kappa shape index (κ2) is 8.51. The van der Waals surface area contributed by atoms with Crippen molar-refractivity contribution in [3.05, 3.63) is 26.4 Å². The van der Waals surface area contributed by atoms with Gasteiger partial charge >= 0.3 is 11.9 Å². The molecule has 1 saturated carbocycles. The lowest BCUT2D eigenvalue weighted by Crippen LogP contribution is -2.62. The Morgan fingerprint density at radius 1 is 1.19 bits per heavy atom. The zero-order chi connectivity index (χ0) is 23.0.